The van der Waals surface area contributed by atoms with E-state index in [1.165, 1.54) is 32.7 Å². The van der Waals surface area contributed by atoms with Gasteiger partial charge in [-0.15, -0.1) is 0 Å². The molecule has 0 bridgehead atoms. The number of hydrogen-bond donors (Lipinski definition) is 0. The first kappa shape index (κ1) is 20.3. The summed E-state index contributed by atoms with van der Waals surface area (Å²) in [6.45, 7) is 5.79. The van der Waals surface area contributed by atoms with E-state index in [0.29, 0.717) is 5.69 Å². The van der Waals surface area contributed by atoms with Gasteiger partial charge in [-0.1, -0.05) is 6.07 Å². The Balaban J connectivity index is 1.72. The fourth-order valence-corrected chi connectivity index (χ4v) is 2.98. The van der Waals surface area contributed by atoms with Gasteiger partial charge in [0.05, 0.1) is 18.3 Å². The molecule has 0 N–H and O–H groups in total. The maximum atomic E-state index is 13.4. The molecule has 29 heavy (non-hydrogen) atoms. The first-order valence-corrected chi connectivity index (χ1v) is 9.18. The van der Waals surface area contributed by atoms with Gasteiger partial charge in [0, 0.05) is 19.3 Å². The molecule has 2 amide bonds. The van der Waals surface area contributed by atoms with E-state index in [0.717, 1.165) is 0 Å². The molecule has 152 valence electrons. The molecule has 1 unspecified atom stereocenters. The molecule has 0 radical (unpaired) electrons. The SMILES string of the molecule is CC(C)(C)OC(=O)N1CCN(C(=O)c2ccn(-c3cccc(F)c3)n2)C(C#N)C1. The van der Waals surface area contributed by atoms with Gasteiger partial charge in [0.15, 0.2) is 5.69 Å². The van der Waals surface area contributed by atoms with E-state index >= 15 is 0 Å². The Kier molecular flexibility index (Phi) is 5.55. The second-order valence-corrected chi connectivity index (χ2v) is 7.70. The number of hydrogen-bond acceptors (Lipinski definition) is 5. The monoisotopic (exact) mass is 399 g/mol. The van der Waals surface area contributed by atoms with E-state index < -0.39 is 29.5 Å². The Hall–Kier alpha value is -3.41. The van der Waals surface area contributed by atoms with Gasteiger partial charge in [0.25, 0.3) is 5.91 Å². The van der Waals surface area contributed by atoms with Gasteiger partial charge in [-0.3, -0.25) is 4.79 Å². The molecule has 1 aromatic carbocycles. The number of amides is 2. The van der Waals surface area contributed by atoms with Crippen molar-refractivity contribution in [1.29, 1.82) is 5.26 Å². The molecular weight excluding hydrogens is 377 g/mol. The number of aromatic nitrogens is 2. The third-order valence-electron chi connectivity index (χ3n) is 4.32. The van der Waals surface area contributed by atoms with Crippen molar-refractivity contribution in [3.05, 3.63) is 48.0 Å². The van der Waals surface area contributed by atoms with Crippen LogP contribution in [0.2, 0.25) is 0 Å². The summed E-state index contributed by atoms with van der Waals surface area (Å²) in [6, 6.07) is 8.61. The number of piperazine rings is 1. The molecule has 1 aliphatic heterocycles. The Morgan fingerprint density at radius 2 is 2.03 bits per heavy atom. The average molecular weight is 399 g/mol. The number of carbonyl (C=O) groups excluding carboxylic acids is 2. The smallest absolute Gasteiger partial charge is 0.410 e. The quantitative estimate of drug-likeness (QED) is 0.774. The lowest BCUT2D eigenvalue weighted by atomic mass is 10.1. The largest absolute Gasteiger partial charge is 0.444 e. The summed E-state index contributed by atoms with van der Waals surface area (Å²) >= 11 is 0. The average Bonchev–Trinajstić information content (AvgIpc) is 3.16. The highest BCUT2D eigenvalue weighted by molar-refractivity contribution is 5.93. The second kappa shape index (κ2) is 7.91. The lowest BCUT2D eigenvalue weighted by Gasteiger charge is -2.38. The van der Waals surface area contributed by atoms with Crippen LogP contribution in [0.15, 0.2) is 36.5 Å². The molecule has 1 atom stereocenters. The van der Waals surface area contributed by atoms with Crippen molar-refractivity contribution in [2.75, 3.05) is 19.6 Å². The Labute approximate surface area is 168 Å². The van der Waals surface area contributed by atoms with Crippen molar-refractivity contribution >= 4 is 12.0 Å². The highest BCUT2D eigenvalue weighted by Crippen LogP contribution is 2.17. The Bertz CT molecular complexity index is 960. The maximum absolute atomic E-state index is 13.4. The summed E-state index contributed by atoms with van der Waals surface area (Å²) in [4.78, 5) is 27.9. The van der Waals surface area contributed by atoms with E-state index in [2.05, 4.69) is 11.2 Å². The van der Waals surface area contributed by atoms with Crippen LogP contribution < -0.4 is 0 Å². The van der Waals surface area contributed by atoms with E-state index in [1.54, 1.807) is 39.1 Å². The van der Waals surface area contributed by atoms with Gasteiger partial charge in [-0.05, 0) is 45.0 Å². The second-order valence-electron chi connectivity index (χ2n) is 7.70. The van der Waals surface area contributed by atoms with Crippen molar-refractivity contribution in [1.82, 2.24) is 19.6 Å². The molecule has 1 aromatic heterocycles. The molecule has 8 nitrogen and oxygen atoms in total. The van der Waals surface area contributed by atoms with Gasteiger partial charge in [0.1, 0.15) is 17.5 Å². The molecule has 0 aliphatic carbocycles. The summed E-state index contributed by atoms with van der Waals surface area (Å²) in [5.74, 6) is -0.829. The number of carbonyl (C=O) groups is 2. The van der Waals surface area contributed by atoms with Crippen molar-refractivity contribution < 1.29 is 18.7 Å². The zero-order valence-corrected chi connectivity index (χ0v) is 16.5. The highest BCUT2D eigenvalue weighted by atomic mass is 19.1. The van der Waals surface area contributed by atoms with E-state index in [1.807, 2.05) is 0 Å². The lowest BCUT2D eigenvalue weighted by molar-refractivity contribution is 0.00916. The first-order chi connectivity index (χ1) is 13.7. The zero-order valence-electron chi connectivity index (χ0n) is 16.5. The third kappa shape index (κ3) is 4.71. The van der Waals surface area contributed by atoms with Crippen LogP contribution in [-0.2, 0) is 4.74 Å². The minimum atomic E-state index is -0.817. The molecule has 2 aromatic rings. The standard InChI is InChI=1S/C20H22FN5O3/c1-20(2,3)29-19(28)24-9-10-25(16(12-22)13-24)18(27)17-7-8-26(23-17)15-6-4-5-14(21)11-15/h4-8,11,16H,9-10,13H2,1-3H3. The molecule has 3 rings (SSSR count). The summed E-state index contributed by atoms with van der Waals surface area (Å²) < 4.78 is 20.2. The van der Waals surface area contributed by atoms with E-state index in [-0.39, 0.29) is 25.3 Å². The van der Waals surface area contributed by atoms with Gasteiger partial charge < -0.3 is 14.5 Å². The predicted octanol–water partition coefficient (Wildman–Crippen LogP) is 2.60. The molecule has 2 heterocycles. The number of ether oxygens (including phenoxy) is 1. The van der Waals surface area contributed by atoms with Crippen LogP contribution >= 0.6 is 0 Å². The predicted molar refractivity (Wildman–Crippen MR) is 102 cm³/mol. The van der Waals surface area contributed by atoms with Gasteiger partial charge >= 0.3 is 6.09 Å². The highest BCUT2D eigenvalue weighted by Gasteiger charge is 2.35. The number of benzene rings is 1. The number of rotatable bonds is 2. The van der Waals surface area contributed by atoms with Gasteiger partial charge in [-0.25, -0.2) is 13.9 Å². The minimum Gasteiger partial charge on any atom is -0.444 e. The maximum Gasteiger partial charge on any atom is 0.410 e. The molecular formula is C20H22FN5O3. The minimum absolute atomic E-state index is 0.0573. The summed E-state index contributed by atoms with van der Waals surface area (Å²) in [6.07, 6.45) is 1.04. The Morgan fingerprint density at radius 1 is 1.28 bits per heavy atom. The van der Waals surface area contributed by atoms with E-state index in [4.69, 9.17) is 4.74 Å². The topological polar surface area (TPSA) is 91.5 Å². The molecule has 1 saturated heterocycles. The van der Waals surface area contributed by atoms with Crippen LogP contribution in [0.4, 0.5) is 9.18 Å². The Morgan fingerprint density at radius 3 is 2.69 bits per heavy atom. The molecule has 0 saturated carbocycles. The van der Waals surface area contributed by atoms with Crippen LogP contribution in [0, 0.1) is 17.1 Å². The summed E-state index contributed by atoms with van der Waals surface area (Å²) in [7, 11) is 0. The third-order valence-corrected chi connectivity index (χ3v) is 4.32. The van der Waals surface area contributed by atoms with Crippen LogP contribution in [0.1, 0.15) is 31.3 Å². The van der Waals surface area contributed by atoms with Crippen LogP contribution in [0.5, 0.6) is 0 Å². The summed E-state index contributed by atoms with van der Waals surface area (Å²) in [5.41, 5.74) is -0.0218. The lowest BCUT2D eigenvalue weighted by Crippen LogP contribution is -2.56. The van der Waals surface area contributed by atoms with Gasteiger partial charge in [-0.2, -0.15) is 10.4 Å². The number of nitriles is 1. The van der Waals surface area contributed by atoms with Gasteiger partial charge in [0.2, 0.25) is 0 Å². The zero-order chi connectivity index (χ0) is 21.2. The van der Waals surface area contributed by atoms with Crippen molar-refractivity contribution in [2.45, 2.75) is 32.4 Å². The molecule has 9 heteroatoms. The fraction of sp³-hybridized carbons (Fsp3) is 0.400. The van der Waals surface area contributed by atoms with Crippen molar-refractivity contribution in [2.24, 2.45) is 0 Å². The molecule has 0 spiro atoms. The van der Waals surface area contributed by atoms with E-state index in [9.17, 15) is 19.2 Å². The normalized spacial score (nSPS) is 17.0. The van der Waals surface area contributed by atoms with Crippen LogP contribution in [-0.4, -0.2) is 62.9 Å². The summed E-state index contributed by atoms with van der Waals surface area (Å²) in [5, 5.41) is 13.7. The first-order valence-electron chi connectivity index (χ1n) is 9.18. The number of halogens is 1. The number of nitrogens with zero attached hydrogens (tertiary/aromatic N) is 5. The van der Waals surface area contributed by atoms with Crippen LogP contribution in [0.25, 0.3) is 5.69 Å². The fourth-order valence-electron chi connectivity index (χ4n) is 2.98. The van der Waals surface area contributed by atoms with Crippen LogP contribution in [0.3, 0.4) is 0 Å². The molecule has 1 fully saturated rings. The van der Waals surface area contributed by atoms with Crippen molar-refractivity contribution in [3.63, 3.8) is 0 Å². The van der Waals surface area contributed by atoms with Crippen molar-refractivity contribution in [3.8, 4) is 11.8 Å². The molecule has 1 aliphatic rings.